The first-order chi connectivity index (χ1) is 16.7. The van der Waals surface area contributed by atoms with E-state index in [2.05, 4.69) is 69.6 Å². The second kappa shape index (κ2) is 11.1. The van der Waals surface area contributed by atoms with E-state index in [4.69, 9.17) is 14.7 Å². The molecule has 4 heterocycles. The Morgan fingerprint density at radius 3 is 2.50 bits per heavy atom. The molecular formula is C26H36N6OS. The van der Waals surface area contributed by atoms with Crippen molar-refractivity contribution in [2.24, 2.45) is 0 Å². The van der Waals surface area contributed by atoms with Crippen LogP contribution in [0.25, 0.3) is 21.3 Å². The fraction of sp³-hybridized carbons (Fsp3) is 0.538. The van der Waals surface area contributed by atoms with Crippen molar-refractivity contribution in [2.45, 2.75) is 26.4 Å². The van der Waals surface area contributed by atoms with Crippen LogP contribution in [0.3, 0.4) is 0 Å². The summed E-state index contributed by atoms with van der Waals surface area (Å²) in [7, 11) is 0. The van der Waals surface area contributed by atoms with Gasteiger partial charge in [-0.3, -0.25) is 9.80 Å². The van der Waals surface area contributed by atoms with Crippen LogP contribution in [0, 0.1) is 0 Å². The highest BCUT2D eigenvalue weighted by atomic mass is 32.1. The summed E-state index contributed by atoms with van der Waals surface area (Å²) in [4.78, 5) is 18.6. The molecule has 7 nitrogen and oxygen atoms in total. The van der Waals surface area contributed by atoms with Crippen molar-refractivity contribution in [1.82, 2.24) is 24.7 Å². The Balaban J connectivity index is 1.39. The number of piperazine rings is 1. The molecule has 0 saturated carbocycles. The summed E-state index contributed by atoms with van der Waals surface area (Å²) in [6, 6.07) is 11.0. The first kappa shape index (κ1) is 23.6. The number of ether oxygens (including phenoxy) is 1. The molecule has 182 valence electrons. The predicted molar refractivity (Wildman–Crippen MR) is 141 cm³/mol. The monoisotopic (exact) mass is 480 g/mol. The minimum Gasteiger partial charge on any atom is -0.379 e. The summed E-state index contributed by atoms with van der Waals surface area (Å²) in [5.41, 5.74) is 2.43. The Labute approximate surface area is 206 Å². The van der Waals surface area contributed by atoms with E-state index in [-0.39, 0.29) is 0 Å². The molecule has 1 aromatic carbocycles. The number of likely N-dealkylation sites (N-methyl/N-ethyl adjacent to an activating group) is 1. The maximum absolute atomic E-state index is 5.52. The molecule has 0 aliphatic carbocycles. The van der Waals surface area contributed by atoms with Crippen LogP contribution < -0.4 is 5.32 Å². The zero-order chi connectivity index (χ0) is 23.3. The van der Waals surface area contributed by atoms with Crippen molar-refractivity contribution in [3.63, 3.8) is 0 Å². The number of benzene rings is 1. The Bertz CT molecular complexity index is 1060. The Morgan fingerprint density at radius 1 is 1.00 bits per heavy atom. The molecular weight excluding hydrogens is 444 g/mol. The number of rotatable bonds is 8. The van der Waals surface area contributed by atoms with Crippen LogP contribution in [-0.4, -0.2) is 96.3 Å². The van der Waals surface area contributed by atoms with Crippen LogP contribution >= 0.6 is 11.3 Å². The number of anilines is 1. The van der Waals surface area contributed by atoms with E-state index in [1.165, 1.54) is 11.1 Å². The summed E-state index contributed by atoms with van der Waals surface area (Å²) in [5, 5.41) is 7.11. The quantitative estimate of drug-likeness (QED) is 0.528. The molecule has 0 spiro atoms. The molecule has 1 atom stereocenters. The van der Waals surface area contributed by atoms with Gasteiger partial charge in [-0.05, 0) is 19.0 Å². The van der Waals surface area contributed by atoms with Gasteiger partial charge in [-0.2, -0.15) is 0 Å². The van der Waals surface area contributed by atoms with E-state index < -0.39 is 0 Å². The number of hydrogen-bond acceptors (Lipinski definition) is 8. The number of thiophene rings is 1. The molecule has 1 unspecified atom stereocenters. The summed E-state index contributed by atoms with van der Waals surface area (Å²) in [5.74, 6) is 1.86. The van der Waals surface area contributed by atoms with Gasteiger partial charge in [0.05, 0.1) is 25.1 Å². The van der Waals surface area contributed by atoms with Gasteiger partial charge in [0.15, 0.2) is 0 Å². The van der Waals surface area contributed by atoms with Crippen LogP contribution in [-0.2, 0) is 11.3 Å². The minimum absolute atomic E-state index is 0.450. The standard InChI is InChI=1S/C26H36N6OS/c1-3-30-9-11-32(12-10-30)20(2)17-27-25-24-22(21-7-5-4-6-8-21)19-34-26(24)29-23(28-25)18-31-13-15-33-16-14-31/h4-8,19-20H,3,9-18H2,1-2H3,(H,27,28,29). The lowest BCUT2D eigenvalue weighted by atomic mass is 10.1. The van der Waals surface area contributed by atoms with Crippen molar-refractivity contribution in [1.29, 1.82) is 0 Å². The third kappa shape index (κ3) is 5.42. The van der Waals surface area contributed by atoms with Gasteiger partial charge in [-0.15, -0.1) is 11.3 Å². The van der Waals surface area contributed by atoms with Crippen LogP contribution in [0.15, 0.2) is 35.7 Å². The highest BCUT2D eigenvalue weighted by molar-refractivity contribution is 7.17. The summed E-state index contributed by atoms with van der Waals surface area (Å²) >= 11 is 1.71. The number of hydrogen-bond donors (Lipinski definition) is 1. The van der Waals surface area contributed by atoms with E-state index in [0.29, 0.717) is 6.04 Å². The molecule has 5 rings (SSSR count). The topological polar surface area (TPSA) is 56.8 Å². The summed E-state index contributed by atoms with van der Waals surface area (Å²) in [6.07, 6.45) is 0. The summed E-state index contributed by atoms with van der Waals surface area (Å²) < 4.78 is 5.52. The van der Waals surface area contributed by atoms with Crippen molar-refractivity contribution >= 4 is 27.4 Å². The van der Waals surface area contributed by atoms with Gasteiger partial charge >= 0.3 is 0 Å². The SMILES string of the molecule is CCN1CCN(C(C)CNc2nc(CN3CCOCC3)nc3scc(-c4ccccc4)c23)CC1. The van der Waals surface area contributed by atoms with E-state index in [0.717, 1.165) is 94.0 Å². The zero-order valence-corrected chi connectivity index (χ0v) is 21.2. The molecule has 3 aromatic rings. The number of fused-ring (bicyclic) bond motifs is 1. The molecule has 0 amide bonds. The molecule has 8 heteroatoms. The van der Waals surface area contributed by atoms with Gasteiger partial charge < -0.3 is 15.0 Å². The Morgan fingerprint density at radius 2 is 1.76 bits per heavy atom. The molecule has 0 radical (unpaired) electrons. The Kier molecular flexibility index (Phi) is 7.71. The average Bonchev–Trinajstić information content (AvgIpc) is 3.32. The number of nitrogens with zero attached hydrogens (tertiary/aromatic N) is 5. The Hall–Kier alpha value is -2.10. The second-order valence-corrected chi connectivity index (χ2v) is 10.1. The molecule has 34 heavy (non-hydrogen) atoms. The van der Waals surface area contributed by atoms with E-state index in [1.807, 2.05) is 0 Å². The molecule has 2 aromatic heterocycles. The average molecular weight is 481 g/mol. The fourth-order valence-electron chi connectivity index (χ4n) is 4.87. The van der Waals surface area contributed by atoms with Crippen molar-refractivity contribution < 1.29 is 4.74 Å². The number of aromatic nitrogens is 2. The molecule has 2 aliphatic heterocycles. The first-order valence-corrected chi connectivity index (χ1v) is 13.4. The maximum atomic E-state index is 5.52. The molecule has 0 bridgehead atoms. The van der Waals surface area contributed by atoms with Gasteiger partial charge in [-0.1, -0.05) is 37.3 Å². The number of morpholine rings is 1. The third-order valence-electron chi connectivity index (χ3n) is 7.08. The first-order valence-electron chi connectivity index (χ1n) is 12.5. The van der Waals surface area contributed by atoms with Crippen molar-refractivity contribution in [3.05, 3.63) is 41.5 Å². The molecule has 2 fully saturated rings. The molecule has 1 N–H and O–H groups in total. The smallest absolute Gasteiger partial charge is 0.146 e. The molecule has 2 saturated heterocycles. The van der Waals surface area contributed by atoms with Gasteiger partial charge in [0.1, 0.15) is 16.5 Å². The normalized spacial score (nSPS) is 19.5. The second-order valence-electron chi connectivity index (χ2n) is 9.27. The minimum atomic E-state index is 0.450. The molecule has 2 aliphatic rings. The van der Waals surface area contributed by atoms with E-state index in [9.17, 15) is 0 Å². The van der Waals surface area contributed by atoms with Gasteiger partial charge in [-0.25, -0.2) is 9.97 Å². The third-order valence-corrected chi connectivity index (χ3v) is 7.95. The van der Waals surface area contributed by atoms with E-state index in [1.54, 1.807) is 11.3 Å². The highest BCUT2D eigenvalue weighted by Crippen LogP contribution is 2.37. The van der Waals surface area contributed by atoms with Crippen LogP contribution in [0.2, 0.25) is 0 Å². The number of nitrogens with one attached hydrogen (secondary N) is 1. The maximum Gasteiger partial charge on any atom is 0.146 e. The lowest BCUT2D eigenvalue weighted by Gasteiger charge is -2.37. The van der Waals surface area contributed by atoms with Gasteiger partial charge in [0.25, 0.3) is 0 Å². The fourth-order valence-corrected chi connectivity index (χ4v) is 5.83. The van der Waals surface area contributed by atoms with Gasteiger partial charge in [0.2, 0.25) is 0 Å². The lowest BCUT2D eigenvalue weighted by molar-refractivity contribution is 0.0331. The van der Waals surface area contributed by atoms with Crippen molar-refractivity contribution in [2.75, 3.05) is 70.9 Å². The van der Waals surface area contributed by atoms with Gasteiger partial charge in [0, 0.05) is 62.8 Å². The van der Waals surface area contributed by atoms with E-state index >= 15 is 0 Å². The van der Waals surface area contributed by atoms with Crippen LogP contribution in [0.1, 0.15) is 19.7 Å². The zero-order valence-electron chi connectivity index (χ0n) is 20.4. The highest BCUT2D eigenvalue weighted by Gasteiger charge is 2.22. The largest absolute Gasteiger partial charge is 0.379 e. The summed E-state index contributed by atoms with van der Waals surface area (Å²) in [6.45, 7) is 15.4. The lowest BCUT2D eigenvalue weighted by Crippen LogP contribution is -2.51. The van der Waals surface area contributed by atoms with Crippen molar-refractivity contribution in [3.8, 4) is 11.1 Å². The van der Waals surface area contributed by atoms with Crippen LogP contribution in [0.4, 0.5) is 5.82 Å². The predicted octanol–water partition coefficient (Wildman–Crippen LogP) is 3.63. The van der Waals surface area contributed by atoms with Crippen LogP contribution in [0.5, 0.6) is 0 Å².